The molecule has 0 aliphatic rings. The van der Waals surface area contributed by atoms with E-state index in [9.17, 15) is 4.79 Å². The smallest absolute Gasteiger partial charge is 0.185 e. The predicted molar refractivity (Wildman–Crippen MR) is 74.1 cm³/mol. The summed E-state index contributed by atoms with van der Waals surface area (Å²) in [6.07, 6.45) is 0. The lowest BCUT2D eigenvalue weighted by Crippen LogP contribution is -2.10. The van der Waals surface area contributed by atoms with Gasteiger partial charge in [-0.3, -0.25) is 4.79 Å². The van der Waals surface area contributed by atoms with Gasteiger partial charge in [0.1, 0.15) is 11.6 Å². The fraction of sp³-hybridized carbons (Fsp3) is 0.286. The molecule has 0 heterocycles. The molecular formula is C14H16N2OS. The van der Waals surface area contributed by atoms with E-state index in [1.807, 2.05) is 38.1 Å². The van der Waals surface area contributed by atoms with Gasteiger partial charge in [0.25, 0.3) is 0 Å². The summed E-state index contributed by atoms with van der Waals surface area (Å²) < 4.78 is 0. The van der Waals surface area contributed by atoms with Crippen LogP contribution in [-0.4, -0.2) is 11.5 Å². The number of aryl methyl sites for hydroxylation is 2. The number of nitrogens with two attached hydrogens (primary N) is 1. The molecule has 4 heteroatoms. The topological polar surface area (TPSA) is 66.9 Å². The lowest BCUT2D eigenvalue weighted by Gasteiger charge is -2.05. The molecule has 0 unspecified atom stereocenters. The van der Waals surface area contributed by atoms with Gasteiger partial charge in [0, 0.05) is 10.6 Å². The number of Topliss-reactive ketones (excluding diaryl/α,β-unsaturated/α-hetero) is 1. The summed E-state index contributed by atoms with van der Waals surface area (Å²) >= 11 is 1.42. The van der Waals surface area contributed by atoms with Crippen molar-refractivity contribution in [2.75, 3.05) is 5.75 Å². The fourth-order valence-electron chi connectivity index (χ4n) is 1.40. The van der Waals surface area contributed by atoms with Crippen molar-refractivity contribution < 1.29 is 4.79 Å². The molecule has 0 saturated carbocycles. The van der Waals surface area contributed by atoms with Crippen LogP contribution in [0.2, 0.25) is 0 Å². The van der Waals surface area contributed by atoms with Crippen LogP contribution in [0.5, 0.6) is 0 Å². The maximum absolute atomic E-state index is 11.8. The molecule has 2 N–H and O–H groups in total. The minimum atomic E-state index is -0.222. The zero-order valence-electron chi connectivity index (χ0n) is 10.8. The Kier molecular flexibility index (Phi) is 4.99. The Labute approximate surface area is 112 Å². The Morgan fingerprint density at radius 1 is 1.39 bits per heavy atom. The van der Waals surface area contributed by atoms with Crippen molar-refractivity contribution in [1.29, 1.82) is 5.26 Å². The Morgan fingerprint density at radius 2 is 2.06 bits per heavy atom. The molecule has 0 aliphatic carbocycles. The highest BCUT2D eigenvalue weighted by molar-refractivity contribution is 8.00. The molecule has 0 atom stereocenters. The molecular weight excluding hydrogens is 244 g/mol. The van der Waals surface area contributed by atoms with Crippen LogP contribution in [0, 0.1) is 25.2 Å². The van der Waals surface area contributed by atoms with Crippen molar-refractivity contribution in [1.82, 2.24) is 0 Å². The Balaban J connectivity index is 2.72. The summed E-state index contributed by atoms with van der Waals surface area (Å²) in [5.74, 6) is 0.0145. The zero-order chi connectivity index (χ0) is 13.7. The predicted octanol–water partition coefficient (Wildman–Crippen LogP) is 2.72. The van der Waals surface area contributed by atoms with Gasteiger partial charge in [-0.2, -0.15) is 5.26 Å². The quantitative estimate of drug-likeness (QED) is 0.513. The number of hydrogen-bond donors (Lipinski definition) is 1. The molecule has 0 bridgehead atoms. The molecule has 0 amide bonds. The third-order valence-electron chi connectivity index (χ3n) is 2.63. The summed E-state index contributed by atoms with van der Waals surface area (Å²) in [7, 11) is 0. The Hall–Kier alpha value is -1.73. The first-order valence-corrected chi connectivity index (χ1v) is 6.54. The van der Waals surface area contributed by atoms with Gasteiger partial charge in [-0.25, -0.2) is 0 Å². The summed E-state index contributed by atoms with van der Waals surface area (Å²) in [6.45, 7) is 5.65. The number of hydrogen-bond acceptors (Lipinski definition) is 4. The average molecular weight is 260 g/mol. The maximum atomic E-state index is 11.8. The van der Waals surface area contributed by atoms with E-state index >= 15 is 0 Å². The van der Waals surface area contributed by atoms with Crippen LogP contribution in [-0.2, 0) is 4.79 Å². The number of carbonyl (C=O) groups excluding carboxylic acids is 1. The highest BCUT2D eigenvalue weighted by Crippen LogP contribution is 2.22. The van der Waals surface area contributed by atoms with Crippen LogP contribution in [0.1, 0.15) is 18.1 Å². The summed E-state index contributed by atoms with van der Waals surface area (Å²) in [6, 6.07) is 7.89. The molecule has 0 spiro atoms. The van der Waals surface area contributed by atoms with Crippen LogP contribution in [0.4, 0.5) is 0 Å². The van der Waals surface area contributed by atoms with Gasteiger partial charge in [-0.15, -0.1) is 11.8 Å². The van der Waals surface area contributed by atoms with Crippen molar-refractivity contribution in [3.05, 3.63) is 40.6 Å². The molecule has 3 nitrogen and oxygen atoms in total. The van der Waals surface area contributed by atoms with Crippen molar-refractivity contribution in [2.45, 2.75) is 25.7 Å². The van der Waals surface area contributed by atoms with Crippen LogP contribution >= 0.6 is 11.8 Å². The standard InChI is InChI=1S/C14H16N2OS/c1-9-4-5-12(6-10(9)2)18-8-14(17)13(7-15)11(3)16/h4-6H,8,16H2,1-3H3/b13-11+. The number of allylic oxidation sites excluding steroid dienone is 2. The van der Waals surface area contributed by atoms with Gasteiger partial charge in [-0.05, 0) is 44.0 Å². The van der Waals surface area contributed by atoms with Crippen LogP contribution in [0.3, 0.4) is 0 Å². The van der Waals surface area contributed by atoms with Crippen molar-refractivity contribution in [2.24, 2.45) is 5.73 Å². The van der Waals surface area contributed by atoms with E-state index in [1.54, 1.807) is 6.92 Å². The minimum absolute atomic E-state index is 0.0614. The molecule has 0 aliphatic heterocycles. The van der Waals surface area contributed by atoms with Gasteiger partial charge in [0.15, 0.2) is 5.78 Å². The molecule has 0 saturated heterocycles. The maximum Gasteiger partial charge on any atom is 0.185 e. The van der Waals surface area contributed by atoms with E-state index in [2.05, 4.69) is 0 Å². The van der Waals surface area contributed by atoms with Gasteiger partial charge < -0.3 is 5.73 Å². The first-order valence-electron chi connectivity index (χ1n) is 5.55. The van der Waals surface area contributed by atoms with E-state index in [1.165, 1.54) is 22.9 Å². The van der Waals surface area contributed by atoms with E-state index in [0.717, 1.165) is 4.90 Å². The summed E-state index contributed by atoms with van der Waals surface area (Å²) in [5.41, 5.74) is 8.25. The summed E-state index contributed by atoms with van der Waals surface area (Å²) in [4.78, 5) is 12.8. The molecule has 18 heavy (non-hydrogen) atoms. The van der Waals surface area contributed by atoms with Crippen LogP contribution in [0.25, 0.3) is 0 Å². The second kappa shape index (κ2) is 6.27. The van der Waals surface area contributed by atoms with Gasteiger partial charge in [0.05, 0.1) is 5.75 Å². The lowest BCUT2D eigenvalue weighted by molar-refractivity contribution is -0.112. The Morgan fingerprint density at radius 3 is 2.56 bits per heavy atom. The highest BCUT2D eigenvalue weighted by atomic mass is 32.2. The number of nitrogens with zero attached hydrogens (tertiary/aromatic N) is 1. The van der Waals surface area contributed by atoms with Gasteiger partial charge in [0.2, 0.25) is 0 Å². The SMILES string of the molecule is C/C(N)=C(/C#N)C(=O)CSc1ccc(C)c(C)c1. The number of rotatable bonds is 4. The number of thioether (sulfide) groups is 1. The number of benzene rings is 1. The minimum Gasteiger partial charge on any atom is -0.401 e. The first-order chi connectivity index (χ1) is 8.45. The van der Waals surface area contributed by atoms with E-state index in [0.29, 0.717) is 0 Å². The average Bonchev–Trinajstić information content (AvgIpc) is 2.31. The molecule has 1 aromatic carbocycles. The normalized spacial score (nSPS) is 11.7. The second-order valence-corrected chi connectivity index (χ2v) is 5.18. The molecule has 0 radical (unpaired) electrons. The Bertz CT molecular complexity index is 537. The molecule has 94 valence electrons. The van der Waals surface area contributed by atoms with Gasteiger partial charge in [-0.1, -0.05) is 6.07 Å². The number of carbonyl (C=O) groups is 1. The first kappa shape index (κ1) is 14.3. The molecule has 0 fully saturated rings. The third kappa shape index (κ3) is 3.64. The number of ketones is 1. The van der Waals surface area contributed by atoms with Crippen molar-refractivity contribution >= 4 is 17.5 Å². The third-order valence-corrected chi connectivity index (χ3v) is 3.63. The van der Waals surface area contributed by atoms with E-state index in [4.69, 9.17) is 11.0 Å². The summed E-state index contributed by atoms with van der Waals surface area (Å²) in [5, 5.41) is 8.83. The monoisotopic (exact) mass is 260 g/mol. The van der Waals surface area contributed by atoms with E-state index in [-0.39, 0.29) is 22.8 Å². The van der Waals surface area contributed by atoms with Crippen molar-refractivity contribution in [3.8, 4) is 6.07 Å². The molecule has 0 aromatic heterocycles. The van der Waals surface area contributed by atoms with Crippen LogP contribution < -0.4 is 5.73 Å². The lowest BCUT2D eigenvalue weighted by atomic mass is 10.1. The van der Waals surface area contributed by atoms with Gasteiger partial charge >= 0.3 is 0 Å². The zero-order valence-corrected chi connectivity index (χ0v) is 11.6. The largest absolute Gasteiger partial charge is 0.401 e. The van der Waals surface area contributed by atoms with E-state index < -0.39 is 0 Å². The second-order valence-electron chi connectivity index (χ2n) is 4.13. The van der Waals surface area contributed by atoms with Crippen LogP contribution in [0.15, 0.2) is 34.4 Å². The molecule has 1 rings (SSSR count). The number of nitriles is 1. The fourth-order valence-corrected chi connectivity index (χ4v) is 2.26. The molecule has 1 aromatic rings. The highest BCUT2D eigenvalue weighted by Gasteiger charge is 2.11. The van der Waals surface area contributed by atoms with Crippen molar-refractivity contribution in [3.63, 3.8) is 0 Å².